The van der Waals surface area contributed by atoms with Gasteiger partial charge in [0.1, 0.15) is 5.54 Å². The Bertz CT molecular complexity index is 1420. The highest BCUT2D eigenvalue weighted by atomic mass is 35.5. The first-order valence-corrected chi connectivity index (χ1v) is 12.8. The van der Waals surface area contributed by atoms with E-state index in [4.69, 9.17) is 22.2 Å². The highest BCUT2D eigenvalue weighted by Gasteiger charge is 2.26. The average molecular weight is 485 g/mol. The van der Waals surface area contributed by atoms with Crippen molar-refractivity contribution < 1.29 is 8.42 Å². The van der Waals surface area contributed by atoms with Gasteiger partial charge in [-0.2, -0.15) is 10.2 Å². The lowest BCUT2D eigenvalue weighted by Gasteiger charge is -2.13. The smallest absolute Gasteiger partial charge is 0.175 e. The second-order valence-corrected chi connectivity index (χ2v) is 11.4. The van der Waals surface area contributed by atoms with Crippen molar-refractivity contribution in [1.29, 1.82) is 5.53 Å². The van der Waals surface area contributed by atoms with Gasteiger partial charge in [-0.3, -0.25) is 0 Å². The molecule has 0 aliphatic heterocycles. The summed E-state index contributed by atoms with van der Waals surface area (Å²) >= 11 is 7.99. The molecule has 0 bridgehead atoms. The molecule has 0 spiro atoms. The molecule has 164 valence electrons. The Morgan fingerprint density at radius 2 is 1.75 bits per heavy atom. The number of hydrogen-bond donors (Lipinski definition) is 1. The van der Waals surface area contributed by atoms with Crippen LogP contribution in [-0.2, 0) is 15.4 Å². The van der Waals surface area contributed by atoms with Crippen LogP contribution in [0.25, 0.3) is 26.7 Å². The normalized spacial score (nSPS) is 12.1. The summed E-state index contributed by atoms with van der Waals surface area (Å²) in [5.41, 5.74) is 9.80. The van der Waals surface area contributed by atoms with Crippen LogP contribution < -0.4 is 0 Å². The van der Waals surface area contributed by atoms with Crippen LogP contribution >= 0.6 is 22.9 Å². The van der Waals surface area contributed by atoms with E-state index in [1.54, 1.807) is 28.9 Å². The second-order valence-electron chi connectivity index (χ2n) is 7.91. The molecule has 4 aromatic rings. The molecule has 2 heterocycles. The molecule has 6 nitrogen and oxygen atoms in total. The number of rotatable bonds is 6. The molecule has 0 saturated heterocycles. The van der Waals surface area contributed by atoms with Crippen LogP contribution in [0.1, 0.15) is 19.5 Å². The van der Waals surface area contributed by atoms with Gasteiger partial charge in [0.25, 0.3) is 0 Å². The third-order valence-electron chi connectivity index (χ3n) is 5.10. The first-order chi connectivity index (χ1) is 15.1. The van der Waals surface area contributed by atoms with Gasteiger partial charge in [0.15, 0.2) is 9.84 Å². The van der Waals surface area contributed by atoms with Crippen LogP contribution in [0.4, 0.5) is 0 Å². The van der Waals surface area contributed by atoms with Crippen LogP contribution in [0, 0.1) is 5.53 Å². The first kappa shape index (κ1) is 22.4. The maximum atomic E-state index is 12.0. The fourth-order valence-corrected chi connectivity index (χ4v) is 5.12. The summed E-state index contributed by atoms with van der Waals surface area (Å²) < 4.78 is 25.7. The Morgan fingerprint density at radius 3 is 2.44 bits per heavy atom. The van der Waals surface area contributed by atoms with Gasteiger partial charge in [0.2, 0.25) is 0 Å². The van der Waals surface area contributed by atoms with Crippen LogP contribution in [0.3, 0.4) is 0 Å². The highest BCUT2D eigenvalue weighted by molar-refractivity contribution is 7.90. The molecule has 0 amide bonds. The molecule has 0 unspecified atom stereocenters. The van der Waals surface area contributed by atoms with E-state index in [0.717, 1.165) is 26.7 Å². The molecule has 2 aromatic carbocycles. The molecular weight excluding hydrogens is 464 g/mol. The summed E-state index contributed by atoms with van der Waals surface area (Å²) in [7, 11) is -3.29. The van der Waals surface area contributed by atoms with Crippen molar-refractivity contribution in [3.8, 4) is 26.7 Å². The molecule has 32 heavy (non-hydrogen) atoms. The molecule has 0 aliphatic carbocycles. The minimum atomic E-state index is -3.29. The summed E-state index contributed by atoms with van der Waals surface area (Å²) in [5.74, 6) is 0. The van der Waals surface area contributed by atoms with Crippen molar-refractivity contribution in [3.05, 3.63) is 77.4 Å². The van der Waals surface area contributed by atoms with E-state index in [1.807, 2.05) is 56.3 Å². The Kier molecular flexibility index (Phi) is 5.79. The molecule has 0 atom stereocenters. The summed E-state index contributed by atoms with van der Waals surface area (Å²) in [4.78, 5) is 2.15. The topological polar surface area (TPSA) is 88.2 Å². The monoisotopic (exact) mass is 484 g/mol. The Labute approximate surface area is 195 Å². The zero-order chi connectivity index (χ0) is 23.1. The standard InChI is InChI=1S/C23H21ClN4O2S2/c1-23(2,27-25)22-14-19(28(26-22)18-10-5-4-9-17(18)24)21-12-11-20(31-21)15-7-6-8-16(13-15)32(3,29)30/h4-14,25H,1-3H3. The molecule has 9 heteroatoms. The van der Waals surface area contributed by atoms with E-state index in [0.29, 0.717) is 10.7 Å². The Morgan fingerprint density at radius 1 is 1.03 bits per heavy atom. The largest absolute Gasteiger partial charge is 0.230 e. The quantitative estimate of drug-likeness (QED) is 0.313. The second kappa shape index (κ2) is 8.27. The molecule has 0 aliphatic rings. The molecule has 2 aromatic heterocycles. The van der Waals surface area contributed by atoms with Gasteiger partial charge in [-0.1, -0.05) is 35.9 Å². The van der Waals surface area contributed by atoms with Crippen LogP contribution in [0.5, 0.6) is 0 Å². The summed E-state index contributed by atoms with van der Waals surface area (Å²) in [6.45, 7) is 3.67. The highest BCUT2D eigenvalue weighted by Crippen LogP contribution is 2.38. The zero-order valence-corrected chi connectivity index (χ0v) is 20.1. The number of halogens is 1. The predicted molar refractivity (Wildman–Crippen MR) is 129 cm³/mol. The van der Waals surface area contributed by atoms with Gasteiger partial charge in [0.05, 0.1) is 31.9 Å². The van der Waals surface area contributed by atoms with Gasteiger partial charge < -0.3 is 0 Å². The number of nitrogens with zero attached hydrogens (tertiary/aromatic N) is 3. The van der Waals surface area contributed by atoms with Gasteiger partial charge in [-0.15, -0.1) is 11.3 Å². The fourth-order valence-electron chi connectivity index (χ4n) is 3.23. The van der Waals surface area contributed by atoms with E-state index in [1.165, 1.54) is 17.6 Å². The van der Waals surface area contributed by atoms with Crippen molar-refractivity contribution in [1.82, 2.24) is 9.78 Å². The van der Waals surface area contributed by atoms with Gasteiger partial charge in [0, 0.05) is 11.1 Å². The number of nitrogens with one attached hydrogen (secondary N) is 1. The lowest BCUT2D eigenvalue weighted by molar-refractivity contribution is 0.490. The first-order valence-electron chi connectivity index (χ1n) is 9.75. The van der Waals surface area contributed by atoms with Gasteiger partial charge >= 0.3 is 0 Å². The molecule has 0 fully saturated rings. The van der Waals surface area contributed by atoms with E-state index < -0.39 is 15.4 Å². The Balaban J connectivity index is 1.85. The van der Waals surface area contributed by atoms with E-state index in [-0.39, 0.29) is 4.90 Å². The van der Waals surface area contributed by atoms with Gasteiger partial charge in [-0.05, 0) is 61.9 Å². The number of aromatic nitrogens is 2. The van der Waals surface area contributed by atoms with E-state index in [2.05, 4.69) is 5.11 Å². The van der Waals surface area contributed by atoms with Crippen molar-refractivity contribution in [2.24, 2.45) is 5.11 Å². The SMILES string of the molecule is CC(C)(N=N)c1cc(-c2ccc(-c3cccc(S(C)(=O)=O)c3)s2)n(-c2ccccc2Cl)n1. The van der Waals surface area contributed by atoms with Crippen LogP contribution in [0.2, 0.25) is 5.02 Å². The van der Waals surface area contributed by atoms with Crippen molar-refractivity contribution in [2.45, 2.75) is 24.3 Å². The molecule has 0 saturated carbocycles. The third kappa shape index (κ3) is 4.26. The summed E-state index contributed by atoms with van der Waals surface area (Å²) in [5, 5.41) is 9.02. The van der Waals surface area contributed by atoms with Gasteiger partial charge in [-0.25, -0.2) is 18.6 Å². The van der Waals surface area contributed by atoms with Crippen molar-refractivity contribution in [3.63, 3.8) is 0 Å². The maximum absolute atomic E-state index is 12.0. The molecule has 4 rings (SSSR count). The zero-order valence-electron chi connectivity index (χ0n) is 17.7. The number of para-hydroxylation sites is 1. The Hall–Kier alpha value is -2.81. The maximum Gasteiger partial charge on any atom is 0.175 e. The summed E-state index contributed by atoms with van der Waals surface area (Å²) in [6, 6.07) is 20.2. The third-order valence-corrected chi connectivity index (χ3v) is 7.69. The average Bonchev–Trinajstić information content (AvgIpc) is 3.41. The molecule has 0 radical (unpaired) electrons. The summed E-state index contributed by atoms with van der Waals surface area (Å²) in [6.07, 6.45) is 1.20. The van der Waals surface area contributed by atoms with Crippen LogP contribution in [0.15, 0.2) is 76.7 Å². The minimum absolute atomic E-state index is 0.284. The number of benzene rings is 2. The molecule has 1 N–H and O–H groups in total. The predicted octanol–water partition coefficient (Wildman–Crippen LogP) is 6.59. The number of hydrogen-bond acceptors (Lipinski definition) is 6. The lowest BCUT2D eigenvalue weighted by atomic mass is 10.0. The molecular formula is C23H21ClN4O2S2. The van der Waals surface area contributed by atoms with Crippen molar-refractivity contribution in [2.75, 3.05) is 6.26 Å². The van der Waals surface area contributed by atoms with Crippen LogP contribution in [-0.4, -0.2) is 24.5 Å². The minimum Gasteiger partial charge on any atom is -0.230 e. The van der Waals surface area contributed by atoms with Crippen molar-refractivity contribution >= 4 is 32.8 Å². The number of thiophene rings is 1. The fraction of sp³-hybridized carbons (Fsp3) is 0.174. The van der Waals surface area contributed by atoms with E-state index in [9.17, 15) is 8.42 Å². The lowest BCUT2D eigenvalue weighted by Crippen LogP contribution is -2.14. The number of sulfone groups is 1. The van der Waals surface area contributed by atoms with E-state index >= 15 is 0 Å².